The van der Waals surface area contributed by atoms with Gasteiger partial charge in [-0.1, -0.05) is 0 Å². The molecule has 1 unspecified atom stereocenters. The van der Waals surface area contributed by atoms with E-state index in [0.717, 1.165) is 22.6 Å². The van der Waals surface area contributed by atoms with Crippen molar-refractivity contribution in [2.75, 3.05) is 34.0 Å². The van der Waals surface area contributed by atoms with E-state index in [-0.39, 0.29) is 11.5 Å². The maximum atomic E-state index is 6.43. The first kappa shape index (κ1) is 14.1. The Hall–Kier alpha value is -1.30. The Bertz CT molecular complexity index is 453. The van der Waals surface area contributed by atoms with E-state index in [4.69, 9.17) is 25.7 Å². The summed E-state index contributed by atoms with van der Waals surface area (Å²) >= 11 is 0. The fourth-order valence-electron chi connectivity index (χ4n) is 2.51. The Morgan fingerprint density at radius 1 is 1.32 bits per heavy atom. The summed E-state index contributed by atoms with van der Waals surface area (Å²) in [5.41, 5.74) is 14.2. The fraction of sp³-hybridized carbons (Fsp3) is 0.571. The Labute approximate surface area is 113 Å². The Morgan fingerprint density at radius 3 is 2.42 bits per heavy atom. The summed E-state index contributed by atoms with van der Waals surface area (Å²) in [7, 11) is 3.27. The standard InChI is InChI=1S/C14H22N2O3/c1-9-4-10(17-2)5-11(18-3)12(9)13(16)14(6-15)7-19-8-14/h4-5,13H,6-8,15-16H2,1-3H3. The molecule has 5 heteroatoms. The van der Waals surface area contributed by atoms with Crippen LogP contribution >= 0.6 is 0 Å². The fourth-order valence-corrected chi connectivity index (χ4v) is 2.51. The third-order valence-corrected chi connectivity index (χ3v) is 3.93. The molecule has 1 saturated heterocycles. The third-order valence-electron chi connectivity index (χ3n) is 3.93. The van der Waals surface area contributed by atoms with E-state index in [1.165, 1.54) is 0 Å². The smallest absolute Gasteiger partial charge is 0.127 e. The molecule has 19 heavy (non-hydrogen) atoms. The molecule has 0 aromatic heterocycles. The van der Waals surface area contributed by atoms with Gasteiger partial charge in [-0.2, -0.15) is 0 Å². The summed E-state index contributed by atoms with van der Waals surface area (Å²) < 4.78 is 16.0. The lowest BCUT2D eigenvalue weighted by Gasteiger charge is -2.45. The maximum absolute atomic E-state index is 6.43. The van der Waals surface area contributed by atoms with Crippen molar-refractivity contribution in [3.05, 3.63) is 23.3 Å². The summed E-state index contributed by atoms with van der Waals surface area (Å²) in [6.07, 6.45) is 0. The van der Waals surface area contributed by atoms with Crippen LogP contribution in [-0.4, -0.2) is 34.0 Å². The van der Waals surface area contributed by atoms with Crippen LogP contribution in [0.2, 0.25) is 0 Å². The molecule has 1 heterocycles. The summed E-state index contributed by atoms with van der Waals surface area (Å²) in [6.45, 7) is 3.70. The van der Waals surface area contributed by atoms with E-state index < -0.39 is 0 Å². The Kier molecular flexibility index (Phi) is 3.99. The molecule has 1 aliphatic heterocycles. The zero-order chi connectivity index (χ0) is 14.0. The maximum Gasteiger partial charge on any atom is 0.127 e. The van der Waals surface area contributed by atoms with Crippen molar-refractivity contribution in [1.29, 1.82) is 0 Å². The van der Waals surface area contributed by atoms with Crippen LogP contribution in [0.15, 0.2) is 12.1 Å². The second-order valence-corrected chi connectivity index (χ2v) is 5.10. The van der Waals surface area contributed by atoms with E-state index in [1.54, 1.807) is 14.2 Å². The van der Waals surface area contributed by atoms with Gasteiger partial charge in [0.2, 0.25) is 0 Å². The number of hydrogen-bond acceptors (Lipinski definition) is 5. The average molecular weight is 266 g/mol. The van der Waals surface area contributed by atoms with E-state index in [2.05, 4.69) is 0 Å². The summed E-state index contributed by atoms with van der Waals surface area (Å²) in [4.78, 5) is 0. The molecule has 5 nitrogen and oxygen atoms in total. The van der Waals surface area contributed by atoms with Gasteiger partial charge in [-0.25, -0.2) is 0 Å². The lowest BCUT2D eigenvalue weighted by atomic mass is 9.74. The minimum atomic E-state index is -0.202. The average Bonchev–Trinajstić information content (AvgIpc) is 2.36. The highest BCUT2D eigenvalue weighted by Gasteiger charge is 2.45. The number of benzene rings is 1. The summed E-state index contributed by atoms with van der Waals surface area (Å²) in [5, 5.41) is 0. The number of ether oxygens (including phenoxy) is 3. The molecule has 0 spiro atoms. The first-order chi connectivity index (χ1) is 9.07. The zero-order valence-electron chi connectivity index (χ0n) is 11.7. The molecular weight excluding hydrogens is 244 g/mol. The minimum absolute atomic E-state index is 0.188. The predicted octanol–water partition coefficient (Wildman–Crippen LogP) is 0.987. The van der Waals surface area contributed by atoms with Gasteiger partial charge in [0.15, 0.2) is 0 Å². The monoisotopic (exact) mass is 266 g/mol. The zero-order valence-corrected chi connectivity index (χ0v) is 11.7. The van der Waals surface area contributed by atoms with Crippen LogP contribution in [0.25, 0.3) is 0 Å². The van der Waals surface area contributed by atoms with Gasteiger partial charge in [-0.15, -0.1) is 0 Å². The van der Waals surface area contributed by atoms with Crippen LogP contribution in [0.1, 0.15) is 17.2 Å². The molecule has 0 radical (unpaired) electrons. The van der Waals surface area contributed by atoms with Crippen LogP contribution < -0.4 is 20.9 Å². The number of aryl methyl sites for hydroxylation is 1. The van der Waals surface area contributed by atoms with Crippen LogP contribution in [0.4, 0.5) is 0 Å². The van der Waals surface area contributed by atoms with Gasteiger partial charge >= 0.3 is 0 Å². The van der Waals surface area contributed by atoms with Crippen molar-refractivity contribution in [3.63, 3.8) is 0 Å². The molecule has 1 aromatic rings. The third kappa shape index (κ3) is 2.29. The van der Waals surface area contributed by atoms with Gasteiger partial charge in [0.1, 0.15) is 11.5 Å². The molecule has 1 atom stereocenters. The number of methoxy groups -OCH3 is 2. The summed E-state index contributed by atoms with van der Waals surface area (Å²) in [5.74, 6) is 1.50. The lowest BCUT2D eigenvalue weighted by molar-refractivity contribution is -0.121. The van der Waals surface area contributed by atoms with Crippen molar-refractivity contribution >= 4 is 0 Å². The van der Waals surface area contributed by atoms with E-state index in [0.29, 0.717) is 19.8 Å². The van der Waals surface area contributed by atoms with Gasteiger partial charge in [0.25, 0.3) is 0 Å². The summed E-state index contributed by atoms with van der Waals surface area (Å²) in [6, 6.07) is 3.61. The SMILES string of the molecule is COc1cc(C)c(C(N)C2(CN)COC2)c(OC)c1. The largest absolute Gasteiger partial charge is 0.497 e. The van der Waals surface area contributed by atoms with Gasteiger partial charge in [-0.3, -0.25) is 0 Å². The molecule has 1 aliphatic rings. The Balaban J connectivity index is 2.43. The molecule has 2 rings (SSSR count). The van der Waals surface area contributed by atoms with Crippen molar-refractivity contribution in [2.45, 2.75) is 13.0 Å². The number of nitrogens with two attached hydrogens (primary N) is 2. The van der Waals surface area contributed by atoms with Crippen LogP contribution in [0.5, 0.6) is 11.5 Å². The van der Waals surface area contributed by atoms with E-state index >= 15 is 0 Å². The van der Waals surface area contributed by atoms with Crippen molar-refractivity contribution in [1.82, 2.24) is 0 Å². The highest BCUT2D eigenvalue weighted by Crippen LogP contribution is 2.43. The number of rotatable bonds is 5. The van der Waals surface area contributed by atoms with Crippen molar-refractivity contribution in [3.8, 4) is 11.5 Å². The first-order valence-electron chi connectivity index (χ1n) is 6.34. The lowest BCUT2D eigenvalue weighted by Crippen LogP contribution is -2.55. The highest BCUT2D eigenvalue weighted by molar-refractivity contribution is 5.48. The molecule has 0 amide bonds. The van der Waals surface area contributed by atoms with Crippen LogP contribution in [0, 0.1) is 12.3 Å². The molecule has 4 N–H and O–H groups in total. The van der Waals surface area contributed by atoms with Gasteiger partial charge in [0.05, 0.1) is 27.4 Å². The molecule has 1 aromatic carbocycles. The minimum Gasteiger partial charge on any atom is -0.497 e. The molecule has 0 saturated carbocycles. The molecule has 0 aliphatic carbocycles. The van der Waals surface area contributed by atoms with E-state index in [1.807, 2.05) is 19.1 Å². The number of hydrogen-bond donors (Lipinski definition) is 2. The van der Waals surface area contributed by atoms with Crippen molar-refractivity contribution in [2.24, 2.45) is 16.9 Å². The molecule has 106 valence electrons. The highest BCUT2D eigenvalue weighted by atomic mass is 16.5. The first-order valence-corrected chi connectivity index (χ1v) is 6.34. The molecular formula is C14H22N2O3. The topological polar surface area (TPSA) is 79.7 Å². The van der Waals surface area contributed by atoms with Gasteiger partial charge in [-0.05, 0) is 18.6 Å². The second-order valence-electron chi connectivity index (χ2n) is 5.10. The Morgan fingerprint density at radius 2 is 2.00 bits per heavy atom. The van der Waals surface area contributed by atoms with Crippen LogP contribution in [-0.2, 0) is 4.74 Å². The molecule has 1 fully saturated rings. The molecule has 0 bridgehead atoms. The predicted molar refractivity (Wildman–Crippen MR) is 73.5 cm³/mol. The van der Waals surface area contributed by atoms with E-state index in [9.17, 15) is 0 Å². The normalized spacial score (nSPS) is 18.6. The van der Waals surface area contributed by atoms with Gasteiger partial charge in [0, 0.05) is 29.6 Å². The van der Waals surface area contributed by atoms with Crippen molar-refractivity contribution < 1.29 is 14.2 Å². The second kappa shape index (κ2) is 5.36. The van der Waals surface area contributed by atoms with Crippen LogP contribution in [0.3, 0.4) is 0 Å². The quantitative estimate of drug-likeness (QED) is 0.830. The van der Waals surface area contributed by atoms with Gasteiger partial charge < -0.3 is 25.7 Å².